The Morgan fingerprint density at radius 1 is 1.37 bits per heavy atom. The van der Waals surface area contributed by atoms with E-state index in [9.17, 15) is 13.6 Å². The van der Waals surface area contributed by atoms with Crippen LogP contribution in [0.5, 0.6) is 0 Å². The second-order valence-corrected chi connectivity index (χ2v) is 4.94. The van der Waals surface area contributed by atoms with Crippen molar-refractivity contribution in [3.8, 4) is 0 Å². The third-order valence-corrected chi connectivity index (χ3v) is 3.71. The Morgan fingerprint density at radius 3 is 2.79 bits per heavy atom. The van der Waals surface area contributed by atoms with Gasteiger partial charge in [-0.05, 0) is 43.4 Å². The van der Waals surface area contributed by atoms with Gasteiger partial charge in [-0.15, -0.1) is 0 Å². The fourth-order valence-electron chi connectivity index (χ4n) is 2.55. The molecule has 104 valence electrons. The van der Waals surface area contributed by atoms with Crippen molar-refractivity contribution in [2.24, 2.45) is 0 Å². The lowest BCUT2D eigenvalue weighted by Gasteiger charge is -2.29. The third kappa shape index (κ3) is 2.76. The summed E-state index contributed by atoms with van der Waals surface area (Å²) in [6.07, 6.45) is 1.19. The summed E-state index contributed by atoms with van der Waals surface area (Å²) < 4.78 is 27.6. The zero-order valence-corrected chi connectivity index (χ0v) is 11.1. The summed E-state index contributed by atoms with van der Waals surface area (Å²) >= 11 is 0. The van der Waals surface area contributed by atoms with Crippen LogP contribution in [0, 0.1) is 18.6 Å². The molecule has 1 aliphatic rings. The molecular weight excluding hydrogens is 250 g/mol. The molecule has 0 bridgehead atoms. The number of hydrogen-bond acceptors (Lipinski definition) is 2. The lowest BCUT2D eigenvalue weighted by atomic mass is 9.85. The van der Waals surface area contributed by atoms with Crippen molar-refractivity contribution in [1.29, 1.82) is 0 Å². The van der Waals surface area contributed by atoms with Crippen LogP contribution in [-0.2, 0) is 4.79 Å². The summed E-state index contributed by atoms with van der Waals surface area (Å²) in [6, 6.07) is 2.88. The maximum absolute atomic E-state index is 14.0. The largest absolute Gasteiger partial charge is 0.358 e. The minimum absolute atomic E-state index is 0.113. The number of piperidine rings is 1. The summed E-state index contributed by atoms with van der Waals surface area (Å²) in [5.74, 6) is -1.80. The Bertz CT molecular complexity index is 491. The third-order valence-electron chi connectivity index (χ3n) is 3.71. The molecule has 5 heteroatoms. The Labute approximate surface area is 111 Å². The summed E-state index contributed by atoms with van der Waals surface area (Å²) in [5, 5.41) is 5.66. The van der Waals surface area contributed by atoms with Crippen LogP contribution in [0.25, 0.3) is 0 Å². The first-order valence-corrected chi connectivity index (χ1v) is 6.44. The molecule has 1 fully saturated rings. The first-order valence-electron chi connectivity index (χ1n) is 6.44. The standard InChI is InChI=1S/C14H18F2N2O/c1-8-3-4-10(13(16)12(8)15)9-5-6-18-11(7-9)14(19)17-2/h3-4,9,11,18H,5-7H2,1-2H3,(H,17,19). The van der Waals surface area contributed by atoms with E-state index in [-0.39, 0.29) is 17.9 Å². The lowest BCUT2D eigenvalue weighted by Crippen LogP contribution is -2.47. The van der Waals surface area contributed by atoms with Gasteiger partial charge in [0.1, 0.15) is 0 Å². The predicted octanol–water partition coefficient (Wildman–Crippen LogP) is 1.85. The Kier molecular flexibility index (Phi) is 4.14. The number of benzene rings is 1. The molecule has 0 spiro atoms. The van der Waals surface area contributed by atoms with Crippen molar-refractivity contribution in [2.75, 3.05) is 13.6 Å². The summed E-state index contributed by atoms with van der Waals surface area (Å²) in [6.45, 7) is 2.16. The molecule has 1 saturated heterocycles. The molecular formula is C14H18F2N2O. The normalized spacial score (nSPS) is 23.2. The van der Waals surface area contributed by atoms with E-state index in [1.165, 1.54) is 6.92 Å². The van der Waals surface area contributed by atoms with E-state index < -0.39 is 11.6 Å². The quantitative estimate of drug-likeness (QED) is 0.859. The van der Waals surface area contributed by atoms with Crippen molar-refractivity contribution >= 4 is 5.91 Å². The van der Waals surface area contributed by atoms with E-state index in [0.29, 0.717) is 30.5 Å². The van der Waals surface area contributed by atoms with Gasteiger partial charge in [0.05, 0.1) is 6.04 Å². The van der Waals surface area contributed by atoms with Crippen molar-refractivity contribution in [3.05, 3.63) is 34.9 Å². The topological polar surface area (TPSA) is 41.1 Å². The zero-order valence-electron chi connectivity index (χ0n) is 11.1. The van der Waals surface area contributed by atoms with Gasteiger partial charge in [0, 0.05) is 7.05 Å². The van der Waals surface area contributed by atoms with Crippen LogP contribution in [0.2, 0.25) is 0 Å². The van der Waals surface area contributed by atoms with Gasteiger partial charge in [0.15, 0.2) is 11.6 Å². The van der Waals surface area contributed by atoms with Crippen molar-refractivity contribution in [3.63, 3.8) is 0 Å². The Hall–Kier alpha value is -1.49. The second-order valence-electron chi connectivity index (χ2n) is 4.94. The monoisotopic (exact) mass is 268 g/mol. The molecule has 1 aliphatic heterocycles. The molecule has 1 amide bonds. The average molecular weight is 268 g/mol. The number of carbonyl (C=O) groups is 1. The van der Waals surface area contributed by atoms with E-state index >= 15 is 0 Å². The first kappa shape index (κ1) is 13.9. The van der Waals surface area contributed by atoms with Crippen molar-refractivity contribution < 1.29 is 13.6 Å². The van der Waals surface area contributed by atoms with Crippen molar-refractivity contribution in [2.45, 2.75) is 31.7 Å². The highest BCUT2D eigenvalue weighted by Crippen LogP contribution is 2.31. The summed E-state index contributed by atoms with van der Waals surface area (Å²) in [7, 11) is 1.57. The van der Waals surface area contributed by atoms with Crippen LogP contribution in [0.3, 0.4) is 0 Å². The van der Waals surface area contributed by atoms with Gasteiger partial charge in [0.25, 0.3) is 0 Å². The van der Waals surface area contributed by atoms with Crippen LogP contribution in [-0.4, -0.2) is 25.5 Å². The van der Waals surface area contributed by atoms with Crippen LogP contribution < -0.4 is 10.6 Å². The number of halogens is 2. The smallest absolute Gasteiger partial charge is 0.236 e. The number of likely N-dealkylation sites (N-methyl/N-ethyl adjacent to an activating group) is 1. The maximum atomic E-state index is 14.0. The van der Waals surface area contributed by atoms with Gasteiger partial charge in [-0.3, -0.25) is 4.79 Å². The number of aryl methyl sites for hydroxylation is 1. The predicted molar refractivity (Wildman–Crippen MR) is 68.9 cm³/mol. The number of amides is 1. The van der Waals surface area contributed by atoms with Gasteiger partial charge in [-0.1, -0.05) is 12.1 Å². The number of carbonyl (C=O) groups excluding carboxylic acids is 1. The fraction of sp³-hybridized carbons (Fsp3) is 0.500. The average Bonchev–Trinajstić information content (AvgIpc) is 2.44. The molecule has 1 aromatic rings. The Morgan fingerprint density at radius 2 is 2.11 bits per heavy atom. The van der Waals surface area contributed by atoms with Gasteiger partial charge < -0.3 is 10.6 Å². The summed E-state index contributed by atoms with van der Waals surface area (Å²) in [4.78, 5) is 11.6. The van der Waals surface area contributed by atoms with Gasteiger partial charge in [0.2, 0.25) is 5.91 Å². The maximum Gasteiger partial charge on any atom is 0.236 e. The van der Waals surface area contributed by atoms with Crippen LogP contribution in [0.1, 0.15) is 29.9 Å². The fourth-order valence-corrected chi connectivity index (χ4v) is 2.55. The number of nitrogens with one attached hydrogen (secondary N) is 2. The van der Waals surface area contributed by atoms with E-state index in [1.807, 2.05) is 0 Å². The van der Waals surface area contributed by atoms with E-state index in [1.54, 1.807) is 19.2 Å². The molecule has 2 N–H and O–H groups in total. The zero-order chi connectivity index (χ0) is 14.0. The molecule has 2 unspecified atom stereocenters. The van der Waals surface area contributed by atoms with E-state index in [0.717, 1.165) is 0 Å². The van der Waals surface area contributed by atoms with Crippen LogP contribution >= 0.6 is 0 Å². The minimum Gasteiger partial charge on any atom is -0.358 e. The van der Waals surface area contributed by atoms with Gasteiger partial charge in [-0.25, -0.2) is 8.78 Å². The molecule has 0 aliphatic carbocycles. The van der Waals surface area contributed by atoms with Crippen LogP contribution in [0.15, 0.2) is 12.1 Å². The minimum atomic E-state index is -0.785. The Balaban J connectivity index is 2.22. The summed E-state index contributed by atoms with van der Waals surface area (Å²) in [5.41, 5.74) is 0.677. The molecule has 2 atom stereocenters. The highest BCUT2D eigenvalue weighted by molar-refractivity contribution is 5.81. The highest BCUT2D eigenvalue weighted by Gasteiger charge is 2.29. The molecule has 1 heterocycles. The molecule has 0 aromatic heterocycles. The second kappa shape index (κ2) is 5.65. The van der Waals surface area contributed by atoms with E-state index in [4.69, 9.17) is 0 Å². The van der Waals surface area contributed by atoms with Gasteiger partial charge in [-0.2, -0.15) is 0 Å². The number of hydrogen-bond donors (Lipinski definition) is 2. The molecule has 1 aromatic carbocycles. The highest BCUT2D eigenvalue weighted by atomic mass is 19.2. The van der Waals surface area contributed by atoms with Crippen molar-refractivity contribution in [1.82, 2.24) is 10.6 Å². The molecule has 2 rings (SSSR count). The SMILES string of the molecule is CNC(=O)C1CC(c2ccc(C)c(F)c2F)CCN1. The molecule has 0 saturated carbocycles. The molecule has 3 nitrogen and oxygen atoms in total. The lowest BCUT2D eigenvalue weighted by molar-refractivity contribution is -0.123. The molecule has 19 heavy (non-hydrogen) atoms. The molecule has 0 radical (unpaired) electrons. The van der Waals surface area contributed by atoms with Gasteiger partial charge >= 0.3 is 0 Å². The van der Waals surface area contributed by atoms with E-state index in [2.05, 4.69) is 10.6 Å². The first-order chi connectivity index (χ1) is 9.04. The number of rotatable bonds is 2. The van der Waals surface area contributed by atoms with Crippen LogP contribution in [0.4, 0.5) is 8.78 Å².